The maximum Gasteiger partial charge on any atom is 0.245 e. The molecule has 1 aromatic heterocycles. The van der Waals surface area contributed by atoms with E-state index in [1.165, 1.54) is 6.42 Å². The van der Waals surface area contributed by atoms with Crippen molar-refractivity contribution in [2.24, 2.45) is 0 Å². The summed E-state index contributed by atoms with van der Waals surface area (Å²) in [4.78, 5) is 28.5. The Hall–Kier alpha value is -1.78. The van der Waals surface area contributed by atoms with Gasteiger partial charge < -0.3 is 14.2 Å². The van der Waals surface area contributed by atoms with Crippen molar-refractivity contribution in [1.29, 1.82) is 0 Å². The maximum absolute atomic E-state index is 12.8. The van der Waals surface area contributed by atoms with Crippen LogP contribution in [0.4, 0.5) is 0 Å². The fourth-order valence-corrected chi connectivity index (χ4v) is 3.38. The van der Waals surface area contributed by atoms with Gasteiger partial charge in [0.1, 0.15) is 11.8 Å². The van der Waals surface area contributed by atoms with Crippen molar-refractivity contribution in [3.05, 3.63) is 24.2 Å². The monoisotopic (exact) mass is 290 g/mol. The van der Waals surface area contributed by atoms with E-state index in [0.29, 0.717) is 19.4 Å². The lowest BCUT2D eigenvalue weighted by molar-refractivity contribution is -0.144. The first-order chi connectivity index (χ1) is 10.2. The molecule has 0 saturated carbocycles. The average molecular weight is 290 g/mol. The molecule has 5 nitrogen and oxygen atoms in total. The van der Waals surface area contributed by atoms with Crippen LogP contribution in [0.3, 0.4) is 0 Å². The fourth-order valence-electron chi connectivity index (χ4n) is 3.38. The summed E-state index contributed by atoms with van der Waals surface area (Å²) in [6.45, 7) is 3.31. The second-order valence-electron chi connectivity index (χ2n) is 6.03. The van der Waals surface area contributed by atoms with E-state index < -0.39 is 0 Å². The molecule has 3 rings (SSSR count). The minimum Gasteiger partial charge on any atom is -0.467 e. The van der Waals surface area contributed by atoms with Crippen LogP contribution < -0.4 is 0 Å². The van der Waals surface area contributed by atoms with E-state index in [1.807, 2.05) is 11.0 Å². The smallest absolute Gasteiger partial charge is 0.245 e. The summed E-state index contributed by atoms with van der Waals surface area (Å²) in [6.07, 6.45) is 5.99. The molecule has 0 spiro atoms. The summed E-state index contributed by atoms with van der Waals surface area (Å²) < 4.78 is 5.32. The van der Waals surface area contributed by atoms with Crippen molar-refractivity contribution in [3.63, 3.8) is 0 Å². The lowest BCUT2D eigenvalue weighted by Crippen LogP contribution is -2.51. The molecule has 2 aliphatic rings. The summed E-state index contributed by atoms with van der Waals surface area (Å²) in [5, 5.41) is 0. The van der Waals surface area contributed by atoms with Crippen LogP contribution in [-0.2, 0) is 16.1 Å². The van der Waals surface area contributed by atoms with Crippen LogP contribution in [0.2, 0.25) is 0 Å². The largest absolute Gasteiger partial charge is 0.467 e. The van der Waals surface area contributed by atoms with Gasteiger partial charge in [0.05, 0.1) is 12.8 Å². The SMILES string of the molecule is C[C@H]1CCCCN1C(=O)[C@@H]1CCC(=O)N1Cc1ccco1. The molecule has 0 aliphatic carbocycles. The topological polar surface area (TPSA) is 53.8 Å². The molecule has 21 heavy (non-hydrogen) atoms. The first-order valence-corrected chi connectivity index (χ1v) is 7.79. The molecule has 0 bridgehead atoms. The third-order valence-electron chi connectivity index (χ3n) is 4.61. The Morgan fingerprint density at radius 3 is 2.95 bits per heavy atom. The number of nitrogens with zero attached hydrogens (tertiary/aromatic N) is 2. The van der Waals surface area contributed by atoms with Gasteiger partial charge in [-0.05, 0) is 44.7 Å². The quantitative estimate of drug-likeness (QED) is 0.857. The molecule has 0 radical (unpaired) electrons. The number of hydrogen-bond donors (Lipinski definition) is 0. The van der Waals surface area contributed by atoms with Crippen molar-refractivity contribution < 1.29 is 14.0 Å². The van der Waals surface area contributed by atoms with Gasteiger partial charge in [-0.3, -0.25) is 9.59 Å². The van der Waals surface area contributed by atoms with E-state index in [9.17, 15) is 9.59 Å². The minimum absolute atomic E-state index is 0.0504. The van der Waals surface area contributed by atoms with E-state index in [0.717, 1.165) is 25.1 Å². The molecular weight excluding hydrogens is 268 g/mol. The molecule has 0 aromatic carbocycles. The van der Waals surface area contributed by atoms with Gasteiger partial charge >= 0.3 is 0 Å². The highest BCUT2D eigenvalue weighted by Gasteiger charge is 2.39. The van der Waals surface area contributed by atoms with Gasteiger partial charge in [0.25, 0.3) is 0 Å². The Morgan fingerprint density at radius 2 is 2.24 bits per heavy atom. The molecule has 2 amide bonds. The maximum atomic E-state index is 12.8. The molecule has 2 atom stereocenters. The van der Waals surface area contributed by atoms with Gasteiger partial charge in [0, 0.05) is 19.0 Å². The highest BCUT2D eigenvalue weighted by Crippen LogP contribution is 2.26. The zero-order valence-electron chi connectivity index (χ0n) is 12.5. The Kier molecular flexibility index (Phi) is 3.99. The predicted molar refractivity (Wildman–Crippen MR) is 77.3 cm³/mol. The minimum atomic E-state index is -0.317. The molecule has 114 valence electrons. The Morgan fingerprint density at radius 1 is 1.38 bits per heavy atom. The number of furan rings is 1. The van der Waals surface area contributed by atoms with Gasteiger partial charge in [-0.2, -0.15) is 0 Å². The molecule has 1 aromatic rings. The molecule has 0 N–H and O–H groups in total. The van der Waals surface area contributed by atoms with Crippen LogP contribution >= 0.6 is 0 Å². The number of likely N-dealkylation sites (tertiary alicyclic amines) is 2. The fraction of sp³-hybridized carbons (Fsp3) is 0.625. The lowest BCUT2D eigenvalue weighted by Gasteiger charge is -2.37. The molecule has 0 unspecified atom stereocenters. The highest BCUT2D eigenvalue weighted by molar-refractivity contribution is 5.91. The molecule has 5 heteroatoms. The first-order valence-electron chi connectivity index (χ1n) is 7.79. The van der Waals surface area contributed by atoms with Crippen molar-refractivity contribution in [2.45, 2.75) is 57.7 Å². The zero-order chi connectivity index (χ0) is 14.8. The van der Waals surface area contributed by atoms with E-state index in [1.54, 1.807) is 17.2 Å². The van der Waals surface area contributed by atoms with E-state index in [-0.39, 0.29) is 23.9 Å². The van der Waals surface area contributed by atoms with Gasteiger partial charge in [-0.1, -0.05) is 0 Å². The van der Waals surface area contributed by atoms with Crippen molar-refractivity contribution in [1.82, 2.24) is 9.80 Å². The van der Waals surface area contributed by atoms with Crippen LogP contribution in [0.5, 0.6) is 0 Å². The normalized spacial score (nSPS) is 26.4. The summed E-state index contributed by atoms with van der Waals surface area (Å²) in [6, 6.07) is 3.62. The lowest BCUT2D eigenvalue weighted by atomic mass is 10.0. The number of hydrogen-bond acceptors (Lipinski definition) is 3. The Bertz CT molecular complexity index is 512. The zero-order valence-corrected chi connectivity index (χ0v) is 12.5. The van der Waals surface area contributed by atoms with Crippen molar-refractivity contribution in [2.75, 3.05) is 6.54 Å². The standard InChI is InChI=1S/C16H22N2O3/c1-12-5-2-3-9-17(12)16(20)14-7-8-15(19)18(14)11-13-6-4-10-21-13/h4,6,10,12,14H,2-3,5,7-9,11H2,1H3/t12-,14-/m0/s1. The van der Waals surface area contributed by atoms with Gasteiger partial charge in [-0.25, -0.2) is 0 Å². The average Bonchev–Trinajstić information content (AvgIpc) is 3.11. The third-order valence-corrected chi connectivity index (χ3v) is 4.61. The van der Waals surface area contributed by atoms with E-state index in [4.69, 9.17) is 4.42 Å². The highest BCUT2D eigenvalue weighted by atomic mass is 16.3. The van der Waals surface area contributed by atoms with Gasteiger partial charge in [0.15, 0.2) is 0 Å². The third kappa shape index (κ3) is 2.82. The first kappa shape index (κ1) is 14.2. The summed E-state index contributed by atoms with van der Waals surface area (Å²) in [5.41, 5.74) is 0. The van der Waals surface area contributed by atoms with Crippen LogP contribution in [0.25, 0.3) is 0 Å². The number of carbonyl (C=O) groups is 2. The van der Waals surface area contributed by atoms with Crippen LogP contribution in [-0.4, -0.2) is 40.2 Å². The summed E-state index contributed by atoms with van der Waals surface area (Å²) in [5.74, 6) is 0.892. The second-order valence-corrected chi connectivity index (χ2v) is 6.03. The van der Waals surface area contributed by atoms with Crippen LogP contribution in [0.15, 0.2) is 22.8 Å². The van der Waals surface area contributed by atoms with E-state index in [2.05, 4.69) is 6.92 Å². The van der Waals surface area contributed by atoms with Gasteiger partial charge in [0.2, 0.25) is 11.8 Å². The molecular formula is C16H22N2O3. The Labute approximate surface area is 124 Å². The Balaban J connectivity index is 1.73. The molecule has 2 fully saturated rings. The number of carbonyl (C=O) groups excluding carboxylic acids is 2. The molecule has 2 saturated heterocycles. The second kappa shape index (κ2) is 5.92. The van der Waals surface area contributed by atoms with Crippen molar-refractivity contribution >= 4 is 11.8 Å². The van der Waals surface area contributed by atoms with Crippen LogP contribution in [0.1, 0.15) is 44.8 Å². The molecule has 3 heterocycles. The number of amides is 2. The number of rotatable bonds is 3. The van der Waals surface area contributed by atoms with Crippen LogP contribution in [0, 0.1) is 0 Å². The van der Waals surface area contributed by atoms with Crippen molar-refractivity contribution in [3.8, 4) is 0 Å². The molecule has 2 aliphatic heterocycles. The predicted octanol–water partition coefficient (Wildman–Crippen LogP) is 2.17. The van der Waals surface area contributed by atoms with Gasteiger partial charge in [-0.15, -0.1) is 0 Å². The number of piperidine rings is 1. The van der Waals surface area contributed by atoms with E-state index >= 15 is 0 Å². The summed E-state index contributed by atoms with van der Waals surface area (Å²) >= 11 is 0. The summed E-state index contributed by atoms with van der Waals surface area (Å²) in [7, 11) is 0.